The van der Waals surface area contributed by atoms with Crippen LogP contribution in [-0.4, -0.2) is 23.4 Å². The van der Waals surface area contributed by atoms with Gasteiger partial charge in [-0.1, -0.05) is 11.6 Å². The summed E-state index contributed by atoms with van der Waals surface area (Å²) in [4.78, 5) is 33.2. The van der Waals surface area contributed by atoms with Crippen molar-refractivity contribution in [1.29, 1.82) is 0 Å². The number of furan rings is 1. The van der Waals surface area contributed by atoms with Crippen LogP contribution in [0.5, 0.6) is 0 Å². The first kappa shape index (κ1) is 15.5. The SMILES string of the molecule is O=C(COC(=O)c1ccoc1)Nc1ccc(Cl)c([N+](=O)[O-])c1. The fourth-order valence-corrected chi connectivity index (χ4v) is 1.71. The molecule has 114 valence electrons. The van der Waals surface area contributed by atoms with Crippen LogP contribution in [0.1, 0.15) is 10.4 Å². The quantitative estimate of drug-likeness (QED) is 0.514. The van der Waals surface area contributed by atoms with E-state index in [1.807, 2.05) is 0 Å². The molecule has 1 aromatic heterocycles. The first-order chi connectivity index (χ1) is 10.5. The smallest absolute Gasteiger partial charge is 0.341 e. The summed E-state index contributed by atoms with van der Waals surface area (Å²) in [5.74, 6) is -1.36. The predicted octanol–water partition coefficient (Wildman–Crippen LogP) is 2.64. The van der Waals surface area contributed by atoms with Gasteiger partial charge in [0, 0.05) is 11.8 Å². The van der Waals surface area contributed by atoms with Crippen LogP contribution in [-0.2, 0) is 9.53 Å². The molecule has 2 aromatic rings. The molecule has 0 aliphatic rings. The van der Waals surface area contributed by atoms with Crippen molar-refractivity contribution < 1.29 is 23.7 Å². The second-order valence-corrected chi connectivity index (χ2v) is 4.47. The van der Waals surface area contributed by atoms with E-state index in [1.54, 1.807) is 0 Å². The number of carbonyl (C=O) groups excluding carboxylic acids is 2. The maximum atomic E-state index is 11.6. The zero-order valence-corrected chi connectivity index (χ0v) is 11.7. The maximum absolute atomic E-state index is 11.6. The van der Waals surface area contributed by atoms with Gasteiger partial charge >= 0.3 is 5.97 Å². The highest BCUT2D eigenvalue weighted by atomic mass is 35.5. The Morgan fingerprint density at radius 3 is 2.77 bits per heavy atom. The number of nitro groups is 1. The molecule has 22 heavy (non-hydrogen) atoms. The third kappa shape index (κ3) is 3.83. The van der Waals surface area contributed by atoms with Crippen LogP contribution < -0.4 is 5.32 Å². The lowest BCUT2D eigenvalue weighted by atomic mass is 10.3. The first-order valence-corrected chi connectivity index (χ1v) is 6.28. The van der Waals surface area contributed by atoms with Gasteiger partial charge in [0.05, 0.1) is 16.7 Å². The Bertz CT molecular complexity index is 713. The van der Waals surface area contributed by atoms with Crippen molar-refractivity contribution in [1.82, 2.24) is 0 Å². The number of anilines is 1. The summed E-state index contributed by atoms with van der Waals surface area (Å²) < 4.78 is 9.46. The summed E-state index contributed by atoms with van der Waals surface area (Å²) in [6.45, 7) is -0.541. The molecule has 0 unspecified atom stereocenters. The Kier molecular flexibility index (Phi) is 4.74. The molecule has 1 amide bonds. The summed E-state index contributed by atoms with van der Waals surface area (Å²) in [5.41, 5.74) is 0.00486. The van der Waals surface area contributed by atoms with Gasteiger partial charge in [-0.05, 0) is 18.2 Å². The molecule has 8 nitrogen and oxygen atoms in total. The number of carbonyl (C=O) groups is 2. The van der Waals surface area contributed by atoms with Gasteiger partial charge in [0.15, 0.2) is 6.61 Å². The third-order valence-electron chi connectivity index (χ3n) is 2.52. The van der Waals surface area contributed by atoms with Crippen molar-refractivity contribution in [2.75, 3.05) is 11.9 Å². The van der Waals surface area contributed by atoms with E-state index in [0.29, 0.717) is 0 Å². The minimum atomic E-state index is -0.717. The number of benzene rings is 1. The molecule has 0 spiro atoms. The lowest BCUT2D eigenvalue weighted by Crippen LogP contribution is -2.20. The molecule has 0 fully saturated rings. The predicted molar refractivity (Wildman–Crippen MR) is 75.7 cm³/mol. The van der Waals surface area contributed by atoms with Crippen molar-refractivity contribution >= 4 is 34.9 Å². The lowest BCUT2D eigenvalue weighted by molar-refractivity contribution is -0.384. The number of nitrogens with zero attached hydrogens (tertiary/aromatic N) is 1. The van der Waals surface area contributed by atoms with Crippen molar-refractivity contribution in [2.45, 2.75) is 0 Å². The largest absolute Gasteiger partial charge is 0.472 e. The van der Waals surface area contributed by atoms with Gasteiger partial charge in [-0.15, -0.1) is 0 Å². The standard InChI is InChI=1S/C13H9ClN2O6/c14-10-2-1-9(5-11(10)16(19)20)15-12(17)7-22-13(18)8-3-4-21-6-8/h1-6H,7H2,(H,15,17). The third-order valence-corrected chi connectivity index (χ3v) is 2.84. The van der Waals surface area contributed by atoms with E-state index in [4.69, 9.17) is 20.8 Å². The fourth-order valence-electron chi connectivity index (χ4n) is 1.52. The zero-order valence-electron chi connectivity index (χ0n) is 10.9. The second-order valence-electron chi connectivity index (χ2n) is 4.06. The molecule has 2 rings (SSSR count). The molecule has 1 N–H and O–H groups in total. The monoisotopic (exact) mass is 324 g/mol. The van der Waals surface area contributed by atoms with E-state index < -0.39 is 23.4 Å². The summed E-state index contributed by atoms with van der Waals surface area (Å²) in [5, 5.41) is 13.1. The Balaban J connectivity index is 1.93. The van der Waals surface area contributed by atoms with Crippen LogP contribution in [0.2, 0.25) is 5.02 Å². The topological polar surface area (TPSA) is 112 Å². The highest BCUT2D eigenvalue weighted by Gasteiger charge is 2.15. The van der Waals surface area contributed by atoms with Crippen LogP contribution in [0.3, 0.4) is 0 Å². The van der Waals surface area contributed by atoms with Gasteiger partial charge < -0.3 is 14.5 Å². The molecule has 0 aliphatic heterocycles. The minimum Gasteiger partial charge on any atom is -0.472 e. The van der Waals surface area contributed by atoms with Crippen LogP contribution in [0.4, 0.5) is 11.4 Å². The first-order valence-electron chi connectivity index (χ1n) is 5.90. The van der Waals surface area contributed by atoms with E-state index in [9.17, 15) is 19.7 Å². The average molecular weight is 325 g/mol. The Labute approximate surface area is 128 Å². The molecule has 9 heteroatoms. The number of halogens is 1. The number of hydrogen-bond donors (Lipinski definition) is 1. The molecule has 1 aromatic carbocycles. The number of hydrogen-bond acceptors (Lipinski definition) is 6. The van der Waals surface area contributed by atoms with Crippen LogP contribution in [0.25, 0.3) is 0 Å². The zero-order chi connectivity index (χ0) is 16.1. The van der Waals surface area contributed by atoms with Crippen LogP contribution in [0.15, 0.2) is 41.2 Å². The number of nitrogens with one attached hydrogen (secondary N) is 1. The summed E-state index contributed by atoms with van der Waals surface area (Å²) in [6.07, 6.45) is 2.48. The summed E-state index contributed by atoms with van der Waals surface area (Å²) >= 11 is 5.65. The Morgan fingerprint density at radius 1 is 1.36 bits per heavy atom. The molecule has 0 aliphatic carbocycles. The number of rotatable bonds is 5. The van der Waals surface area contributed by atoms with Crippen molar-refractivity contribution in [2.24, 2.45) is 0 Å². The molecule has 0 saturated carbocycles. The van der Waals surface area contributed by atoms with Gasteiger partial charge in [-0.25, -0.2) is 4.79 Å². The van der Waals surface area contributed by atoms with E-state index in [2.05, 4.69) is 5.32 Å². The highest BCUT2D eigenvalue weighted by Crippen LogP contribution is 2.27. The minimum absolute atomic E-state index is 0.0469. The average Bonchev–Trinajstić information content (AvgIpc) is 3.01. The molecule has 0 bridgehead atoms. The molecular weight excluding hydrogens is 316 g/mol. The van der Waals surface area contributed by atoms with Crippen molar-refractivity contribution in [3.63, 3.8) is 0 Å². The summed E-state index contributed by atoms with van der Waals surface area (Å²) in [7, 11) is 0. The number of amides is 1. The molecule has 0 saturated heterocycles. The van der Waals surface area contributed by atoms with E-state index in [-0.39, 0.29) is 22.0 Å². The van der Waals surface area contributed by atoms with Gasteiger partial charge in [0.2, 0.25) is 0 Å². The highest BCUT2D eigenvalue weighted by molar-refractivity contribution is 6.32. The van der Waals surface area contributed by atoms with Crippen molar-refractivity contribution in [3.05, 3.63) is 57.5 Å². The maximum Gasteiger partial charge on any atom is 0.341 e. The van der Waals surface area contributed by atoms with Crippen LogP contribution in [0, 0.1) is 10.1 Å². The van der Waals surface area contributed by atoms with E-state index in [1.165, 1.54) is 30.7 Å². The number of nitro benzene ring substituents is 1. The van der Waals surface area contributed by atoms with Gasteiger partial charge in [-0.3, -0.25) is 14.9 Å². The number of esters is 1. The van der Waals surface area contributed by atoms with E-state index in [0.717, 1.165) is 6.07 Å². The Hall–Kier alpha value is -2.87. The second kappa shape index (κ2) is 6.72. The molecule has 0 radical (unpaired) electrons. The lowest BCUT2D eigenvalue weighted by Gasteiger charge is -2.06. The van der Waals surface area contributed by atoms with Gasteiger partial charge in [0.25, 0.3) is 11.6 Å². The van der Waals surface area contributed by atoms with Crippen molar-refractivity contribution in [3.8, 4) is 0 Å². The van der Waals surface area contributed by atoms with Gasteiger partial charge in [0.1, 0.15) is 11.3 Å². The molecular formula is C13H9ClN2O6. The molecule has 0 atom stereocenters. The van der Waals surface area contributed by atoms with E-state index >= 15 is 0 Å². The number of ether oxygens (including phenoxy) is 1. The van der Waals surface area contributed by atoms with Gasteiger partial charge in [-0.2, -0.15) is 0 Å². The Morgan fingerprint density at radius 2 is 2.14 bits per heavy atom. The summed E-state index contributed by atoms with van der Waals surface area (Å²) in [6, 6.07) is 5.18. The normalized spacial score (nSPS) is 10.0. The molecule has 1 heterocycles. The van der Waals surface area contributed by atoms with Crippen LogP contribution >= 0.6 is 11.6 Å². The fraction of sp³-hybridized carbons (Fsp3) is 0.0769.